The largest absolute Gasteiger partial charge is 0.382 e. The number of rotatable bonds is 8. The lowest BCUT2D eigenvalue weighted by Crippen LogP contribution is -2.32. The Balaban J connectivity index is 1.86. The molecule has 0 radical (unpaired) electrons. The fraction of sp³-hybridized carbons (Fsp3) is 0.562. The highest BCUT2D eigenvalue weighted by molar-refractivity contribution is 5.76. The Labute approximate surface area is 119 Å². The van der Waals surface area contributed by atoms with Crippen LogP contribution in [0.25, 0.3) is 0 Å². The molecule has 1 aromatic rings. The number of benzene rings is 1. The van der Waals surface area contributed by atoms with Gasteiger partial charge in [-0.25, -0.2) is 4.39 Å². The summed E-state index contributed by atoms with van der Waals surface area (Å²) in [6, 6.07) is 6.76. The summed E-state index contributed by atoms with van der Waals surface area (Å²) < 4.78 is 18.2. The highest BCUT2D eigenvalue weighted by Crippen LogP contribution is 2.29. The van der Waals surface area contributed by atoms with E-state index in [1.165, 1.54) is 12.1 Å². The first-order valence-corrected chi connectivity index (χ1v) is 7.32. The highest BCUT2D eigenvalue weighted by atomic mass is 19.1. The van der Waals surface area contributed by atoms with Crippen LogP contribution in [0.4, 0.5) is 4.39 Å². The van der Waals surface area contributed by atoms with E-state index in [1.54, 1.807) is 12.1 Å². The van der Waals surface area contributed by atoms with Gasteiger partial charge in [0.25, 0.3) is 0 Å². The average molecular weight is 279 g/mol. The lowest BCUT2D eigenvalue weighted by Gasteiger charge is -2.22. The number of amides is 1. The van der Waals surface area contributed by atoms with Gasteiger partial charge in [-0.15, -0.1) is 0 Å². The van der Waals surface area contributed by atoms with Gasteiger partial charge in [0.2, 0.25) is 5.91 Å². The first kappa shape index (κ1) is 15.0. The molecule has 0 heterocycles. The molecule has 3 nitrogen and oxygen atoms in total. The molecule has 1 fully saturated rings. The molecular weight excluding hydrogens is 257 g/mol. The lowest BCUT2D eigenvalue weighted by atomic mass is 10.2. The van der Waals surface area contributed by atoms with Crippen molar-refractivity contribution in [1.82, 2.24) is 4.90 Å². The molecule has 1 aromatic carbocycles. The van der Waals surface area contributed by atoms with Crippen molar-refractivity contribution in [3.05, 3.63) is 35.6 Å². The molecule has 0 spiro atoms. The molecule has 1 aliphatic carbocycles. The summed E-state index contributed by atoms with van der Waals surface area (Å²) in [4.78, 5) is 14.2. The molecule has 0 unspecified atom stereocenters. The second kappa shape index (κ2) is 7.39. The third-order valence-electron chi connectivity index (χ3n) is 3.46. The van der Waals surface area contributed by atoms with E-state index in [-0.39, 0.29) is 11.7 Å². The van der Waals surface area contributed by atoms with Crippen LogP contribution >= 0.6 is 0 Å². The third-order valence-corrected chi connectivity index (χ3v) is 3.46. The standard InChI is InChI=1S/C16H22FNO2/c1-2-20-11-3-4-16(19)18(15-9-10-15)12-13-5-7-14(17)8-6-13/h5-8,15H,2-4,9-12H2,1H3. The summed E-state index contributed by atoms with van der Waals surface area (Å²) in [6.07, 6.45) is 3.45. The quantitative estimate of drug-likeness (QED) is 0.684. The van der Waals surface area contributed by atoms with Crippen molar-refractivity contribution in [1.29, 1.82) is 0 Å². The molecule has 20 heavy (non-hydrogen) atoms. The molecule has 0 aromatic heterocycles. The van der Waals surface area contributed by atoms with Crippen LogP contribution in [0.5, 0.6) is 0 Å². The van der Waals surface area contributed by atoms with E-state index in [1.807, 2.05) is 11.8 Å². The van der Waals surface area contributed by atoms with Gasteiger partial charge in [-0.3, -0.25) is 4.79 Å². The smallest absolute Gasteiger partial charge is 0.223 e. The molecule has 0 aliphatic heterocycles. The average Bonchev–Trinajstić information content (AvgIpc) is 3.27. The van der Waals surface area contributed by atoms with Crippen LogP contribution < -0.4 is 0 Å². The summed E-state index contributed by atoms with van der Waals surface area (Å²) in [5.74, 6) is -0.0636. The van der Waals surface area contributed by atoms with Crippen molar-refractivity contribution in [3.63, 3.8) is 0 Å². The van der Waals surface area contributed by atoms with Crippen molar-refractivity contribution >= 4 is 5.91 Å². The number of hydrogen-bond acceptors (Lipinski definition) is 2. The third kappa shape index (κ3) is 4.60. The zero-order chi connectivity index (χ0) is 14.4. The SMILES string of the molecule is CCOCCCC(=O)N(Cc1ccc(F)cc1)C1CC1. The van der Waals surface area contributed by atoms with Crippen LogP contribution in [0.2, 0.25) is 0 Å². The highest BCUT2D eigenvalue weighted by Gasteiger charge is 2.32. The van der Waals surface area contributed by atoms with Crippen molar-refractivity contribution in [2.45, 2.75) is 45.2 Å². The second-order valence-electron chi connectivity index (χ2n) is 5.18. The summed E-state index contributed by atoms with van der Waals surface area (Å²) in [5, 5.41) is 0. The fourth-order valence-corrected chi connectivity index (χ4v) is 2.21. The Morgan fingerprint density at radius 2 is 2.05 bits per heavy atom. The molecule has 4 heteroatoms. The van der Waals surface area contributed by atoms with Gasteiger partial charge in [0.1, 0.15) is 5.82 Å². The number of halogens is 1. The molecule has 1 aliphatic rings. The molecule has 0 bridgehead atoms. The van der Waals surface area contributed by atoms with Gasteiger partial charge in [-0.2, -0.15) is 0 Å². The fourth-order valence-electron chi connectivity index (χ4n) is 2.21. The second-order valence-corrected chi connectivity index (χ2v) is 5.18. The number of hydrogen-bond donors (Lipinski definition) is 0. The van der Waals surface area contributed by atoms with E-state index in [4.69, 9.17) is 4.74 Å². The molecule has 0 saturated heterocycles. The van der Waals surface area contributed by atoms with Crippen molar-refractivity contribution < 1.29 is 13.9 Å². The molecule has 2 rings (SSSR count). The monoisotopic (exact) mass is 279 g/mol. The minimum absolute atomic E-state index is 0.177. The van der Waals surface area contributed by atoms with Gasteiger partial charge in [0, 0.05) is 32.2 Å². The predicted octanol–water partition coefficient (Wildman–Crippen LogP) is 3.13. The van der Waals surface area contributed by atoms with Gasteiger partial charge < -0.3 is 9.64 Å². The topological polar surface area (TPSA) is 29.5 Å². The van der Waals surface area contributed by atoms with Gasteiger partial charge in [0.15, 0.2) is 0 Å². The summed E-state index contributed by atoms with van der Waals surface area (Å²) in [7, 11) is 0. The van der Waals surface area contributed by atoms with E-state index in [9.17, 15) is 9.18 Å². The van der Waals surface area contributed by atoms with Gasteiger partial charge >= 0.3 is 0 Å². The first-order valence-electron chi connectivity index (χ1n) is 7.32. The van der Waals surface area contributed by atoms with Gasteiger partial charge in [-0.1, -0.05) is 12.1 Å². The number of nitrogens with zero attached hydrogens (tertiary/aromatic N) is 1. The Morgan fingerprint density at radius 1 is 1.35 bits per heavy atom. The van der Waals surface area contributed by atoms with Crippen molar-refractivity contribution in [3.8, 4) is 0 Å². The van der Waals surface area contributed by atoms with Crippen LogP contribution in [0, 0.1) is 5.82 Å². The molecule has 1 saturated carbocycles. The van der Waals surface area contributed by atoms with Crippen molar-refractivity contribution in [2.24, 2.45) is 0 Å². The first-order chi connectivity index (χ1) is 9.70. The minimum Gasteiger partial charge on any atom is -0.382 e. The molecular formula is C16H22FNO2. The number of ether oxygens (including phenoxy) is 1. The van der Waals surface area contributed by atoms with Crippen LogP contribution in [0.3, 0.4) is 0 Å². The Kier molecular flexibility index (Phi) is 5.53. The summed E-state index contributed by atoms with van der Waals surface area (Å²) in [6.45, 7) is 3.86. The van der Waals surface area contributed by atoms with E-state index in [0.29, 0.717) is 32.2 Å². The normalized spacial score (nSPS) is 14.3. The van der Waals surface area contributed by atoms with E-state index >= 15 is 0 Å². The minimum atomic E-state index is -0.241. The van der Waals surface area contributed by atoms with Crippen molar-refractivity contribution in [2.75, 3.05) is 13.2 Å². The van der Waals surface area contributed by atoms with Crippen LogP contribution in [0.1, 0.15) is 38.2 Å². The zero-order valence-corrected chi connectivity index (χ0v) is 12.0. The Bertz CT molecular complexity index is 429. The maximum Gasteiger partial charge on any atom is 0.223 e. The number of carbonyl (C=O) groups is 1. The molecule has 110 valence electrons. The van der Waals surface area contributed by atoms with Crippen LogP contribution in [-0.2, 0) is 16.1 Å². The summed E-state index contributed by atoms with van der Waals surface area (Å²) in [5.41, 5.74) is 0.983. The Hall–Kier alpha value is -1.42. The Morgan fingerprint density at radius 3 is 2.65 bits per heavy atom. The van der Waals surface area contributed by atoms with Gasteiger partial charge in [-0.05, 0) is 43.9 Å². The predicted molar refractivity (Wildman–Crippen MR) is 75.7 cm³/mol. The summed E-state index contributed by atoms with van der Waals surface area (Å²) >= 11 is 0. The zero-order valence-electron chi connectivity index (χ0n) is 12.0. The molecule has 0 N–H and O–H groups in total. The van der Waals surface area contributed by atoms with E-state index in [2.05, 4.69) is 0 Å². The maximum absolute atomic E-state index is 12.9. The van der Waals surface area contributed by atoms with Crippen LogP contribution in [0.15, 0.2) is 24.3 Å². The van der Waals surface area contributed by atoms with E-state index < -0.39 is 0 Å². The van der Waals surface area contributed by atoms with Crippen LogP contribution in [-0.4, -0.2) is 30.1 Å². The number of carbonyl (C=O) groups excluding carboxylic acids is 1. The van der Waals surface area contributed by atoms with Gasteiger partial charge in [0.05, 0.1) is 0 Å². The molecule has 0 atom stereocenters. The molecule has 1 amide bonds. The maximum atomic E-state index is 12.9. The van der Waals surface area contributed by atoms with E-state index in [0.717, 1.165) is 24.8 Å². The lowest BCUT2D eigenvalue weighted by molar-refractivity contribution is -0.132.